The Kier molecular flexibility index (Phi) is 5.10. The van der Waals surface area contributed by atoms with E-state index in [2.05, 4.69) is 9.97 Å². The van der Waals surface area contributed by atoms with Gasteiger partial charge in [-0.05, 0) is 36.8 Å². The Hall–Kier alpha value is -3.17. The van der Waals surface area contributed by atoms with E-state index >= 15 is 0 Å². The quantitative estimate of drug-likeness (QED) is 0.429. The minimum absolute atomic E-state index is 0.0714. The molecule has 0 radical (unpaired) electrons. The van der Waals surface area contributed by atoms with Crippen LogP contribution in [0.4, 0.5) is 8.78 Å². The number of sulfone groups is 1. The minimum atomic E-state index is -3.94. The zero-order valence-corrected chi connectivity index (χ0v) is 17.8. The van der Waals surface area contributed by atoms with Gasteiger partial charge in [0.25, 0.3) is 5.56 Å². The molecule has 0 unspecified atom stereocenters. The van der Waals surface area contributed by atoms with Crippen LogP contribution in [0, 0.1) is 18.6 Å². The van der Waals surface area contributed by atoms with E-state index < -0.39 is 32.2 Å². The Labute approximate surface area is 180 Å². The molecule has 2 aromatic carbocycles. The van der Waals surface area contributed by atoms with Crippen molar-refractivity contribution in [2.75, 3.05) is 6.26 Å². The van der Waals surface area contributed by atoms with E-state index in [4.69, 9.17) is 11.6 Å². The number of benzene rings is 2. The van der Waals surface area contributed by atoms with Crippen LogP contribution in [0.1, 0.15) is 5.56 Å². The van der Waals surface area contributed by atoms with Gasteiger partial charge in [0.05, 0.1) is 16.4 Å². The molecular formula is C21H14ClF2N3O3S. The molecule has 158 valence electrons. The molecule has 2 heterocycles. The summed E-state index contributed by atoms with van der Waals surface area (Å²) < 4.78 is 53.7. The summed E-state index contributed by atoms with van der Waals surface area (Å²) in [6.45, 7) is 1.73. The molecule has 0 aliphatic carbocycles. The molecule has 0 fully saturated rings. The molecule has 6 nitrogen and oxygen atoms in total. The predicted molar refractivity (Wildman–Crippen MR) is 113 cm³/mol. The van der Waals surface area contributed by atoms with E-state index in [1.54, 1.807) is 25.1 Å². The Bertz CT molecular complexity index is 1520. The maximum Gasteiger partial charge on any atom is 0.256 e. The molecule has 0 saturated carbocycles. The summed E-state index contributed by atoms with van der Waals surface area (Å²) >= 11 is 6.34. The Morgan fingerprint density at radius 1 is 1.03 bits per heavy atom. The van der Waals surface area contributed by atoms with Crippen molar-refractivity contribution in [2.24, 2.45) is 0 Å². The number of aromatic nitrogens is 3. The minimum Gasteiger partial charge on any atom is -0.269 e. The van der Waals surface area contributed by atoms with Gasteiger partial charge in [-0.15, -0.1) is 0 Å². The van der Waals surface area contributed by atoms with Gasteiger partial charge in [-0.1, -0.05) is 23.7 Å². The van der Waals surface area contributed by atoms with Gasteiger partial charge >= 0.3 is 0 Å². The lowest BCUT2D eigenvalue weighted by Crippen LogP contribution is -2.21. The molecule has 0 aliphatic rings. The topological polar surface area (TPSA) is 81.9 Å². The molecule has 2 aromatic heterocycles. The van der Waals surface area contributed by atoms with Gasteiger partial charge in [-0.3, -0.25) is 9.36 Å². The lowest BCUT2D eigenvalue weighted by Gasteiger charge is -2.16. The predicted octanol–water partition coefficient (Wildman–Crippen LogP) is 4.09. The number of aryl methyl sites for hydroxylation is 1. The van der Waals surface area contributed by atoms with Crippen molar-refractivity contribution >= 4 is 32.5 Å². The van der Waals surface area contributed by atoms with Crippen LogP contribution in [0.15, 0.2) is 58.5 Å². The van der Waals surface area contributed by atoms with E-state index in [1.165, 1.54) is 12.1 Å². The molecule has 0 atom stereocenters. The molecule has 4 rings (SSSR count). The molecule has 0 spiro atoms. The number of hydrogen-bond donors (Lipinski definition) is 0. The fourth-order valence-corrected chi connectivity index (χ4v) is 4.09. The molecule has 10 heteroatoms. The second kappa shape index (κ2) is 7.51. The number of fused-ring (bicyclic) bond motifs is 1. The first-order chi connectivity index (χ1) is 14.6. The van der Waals surface area contributed by atoms with Gasteiger partial charge < -0.3 is 0 Å². The maximum absolute atomic E-state index is 14.6. The van der Waals surface area contributed by atoms with Crippen molar-refractivity contribution in [2.45, 2.75) is 12.1 Å². The van der Waals surface area contributed by atoms with Crippen LogP contribution in [0.5, 0.6) is 0 Å². The van der Waals surface area contributed by atoms with E-state index in [1.807, 2.05) is 0 Å². The van der Waals surface area contributed by atoms with Crippen molar-refractivity contribution in [3.05, 3.63) is 81.1 Å². The van der Waals surface area contributed by atoms with Gasteiger partial charge in [0, 0.05) is 29.3 Å². The third-order valence-corrected chi connectivity index (χ3v) is 5.81. The summed E-state index contributed by atoms with van der Waals surface area (Å²) in [7, 11) is -3.94. The van der Waals surface area contributed by atoms with E-state index in [0.29, 0.717) is 17.3 Å². The van der Waals surface area contributed by atoms with Crippen LogP contribution < -0.4 is 5.56 Å². The number of rotatable bonds is 3. The van der Waals surface area contributed by atoms with Crippen molar-refractivity contribution in [1.82, 2.24) is 14.5 Å². The number of pyridine rings is 1. The summed E-state index contributed by atoms with van der Waals surface area (Å²) in [5, 5.41) is -0.178. The molecule has 4 aromatic rings. The maximum atomic E-state index is 14.6. The van der Waals surface area contributed by atoms with Gasteiger partial charge in [-0.2, -0.15) is 4.98 Å². The number of halogens is 3. The van der Waals surface area contributed by atoms with Crippen molar-refractivity contribution in [3.8, 4) is 16.9 Å². The summed E-state index contributed by atoms with van der Waals surface area (Å²) in [5.74, 6) is -1.74. The second-order valence-electron chi connectivity index (χ2n) is 6.90. The normalized spacial score (nSPS) is 11.8. The summed E-state index contributed by atoms with van der Waals surface area (Å²) in [5.41, 5.74) is 0.117. The van der Waals surface area contributed by atoms with Gasteiger partial charge in [0.1, 0.15) is 11.6 Å². The van der Waals surface area contributed by atoms with Crippen LogP contribution in [0.2, 0.25) is 5.02 Å². The highest BCUT2D eigenvalue weighted by Gasteiger charge is 2.22. The van der Waals surface area contributed by atoms with Crippen molar-refractivity contribution in [1.29, 1.82) is 0 Å². The largest absolute Gasteiger partial charge is 0.269 e. The average molecular weight is 462 g/mol. The summed E-state index contributed by atoms with van der Waals surface area (Å²) in [6, 6.07) is 10.4. The van der Waals surface area contributed by atoms with E-state index in [0.717, 1.165) is 23.0 Å². The first-order valence-electron chi connectivity index (χ1n) is 8.92. The molecular weight excluding hydrogens is 448 g/mol. The zero-order valence-electron chi connectivity index (χ0n) is 16.2. The SMILES string of the molecule is Cc1cccc(Cl)c1-n1c(=O)ccc2c(-c3ccc(F)cc3F)nc(S(C)(=O)=O)nc21. The highest BCUT2D eigenvalue weighted by Crippen LogP contribution is 2.31. The number of nitrogens with zero attached hydrogens (tertiary/aromatic N) is 3. The fourth-order valence-electron chi connectivity index (χ4n) is 3.27. The van der Waals surface area contributed by atoms with Gasteiger partial charge in [0.2, 0.25) is 15.0 Å². The standard InChI is InChI=1S/C21H14ClF2N3O3S/c1-11-4-3-5-15(22)19(11)27-17(28)9-8-14-18(13-7-6-12(23)10-16(13)24)25-21(26-20(14)27)31(2,29)30/h3-10H,1-2H3. The highest BCUT2D eigenvalue weighted by atomic mass is 35.5. The zero-order chi connectivity index (χ0) is 22.5. The van der Waals surface area contributed by atoms with Crippen LogP contribution in [0.3, 0.4) is 0 Å². The fraction of sp³-hybridized carbons (Fsp3) is 0.0952. The molecule has 0 N–H and O–H groups in total. The van der Waals surface area contributed by atoms with Crippen molar-refractivity contribution in [3.63, 3.8) is 0 Å². The lowest BCUT2D eigenvalue weighted by molar-refractivity contribution is 0.583. The molecule has 0 saturated heterocycles. The van der Waals surface area contributed by atoms with Gasteiger partial charge in [-0.25, -0.2) is 22.2 Å². The van der Waals surface area contributed by atoms with Crippen LogP contribution in [-0.4, -0.2) is 29.2 Å². The molecule has 0 amide bonds. The van der Waals surface area contributed by atoms with E-state index in [-0.39, 0.29) is 27.3 Å². The molecule has 0 bridgehead atoms. The average Bonchev–Trinajstić information content (AvgIpc) is 2.68. The number of para-hydroxylation sites is 1. The molecule has 0 aliphatic heterocycles. The van der Waals surface area contributed by atoms with Crippen molar-refractivity contribution < 1.29 is 17.2 Å². The molecule has 31 heavy (non-hydrogen) atoms. The summed E-state index contributed by atoms with van der Waals surface area (Å²) in [6.07, 6.45) is 0.894. The summed E-state index contributed by atoms with van der Waals surface area (Å²) in [4.78, 5) is 21.0. The second-order valence-corrected chi connectivity index (χ2v) is 9.22. The lowest BCUT2D eigenvalue weighted by atomic mass is 10.1. The first kappa shape index (κ1) is 21.1. The van der Waals surface area contributed by atoms with Crippen LogP contribution >= 0.6 is 11.6 Å². The Morgan fingerprint density at radius 3 is 2.42 bits per heavy atom. The van der Waals surface area contributed by atoms with E-state index in [9.17, 15) is 22.0 Å². The highest BCUT2D eigenvalue weighted by molar-refractivity contribution is 7.90. The van der Waals surface area contributed by atoms with Gasteiger partial charge in [0.15, 0.2) is 5.65 Å². The monoisotopic (exact) mass is 461 g/mol. The first-order valence-corrected chi connectivity index (χ1v) is 11.2. The third-order valence-electron chi connectivity index (χ3n) is 4.66. The number of hydrogen-bond acceptors (Lipinski definition) is 5. The smallest absolute Gasteiger partial charge is 0.256 e. The Balaban J connectivity index is 2.23. The third kappa shape index (κ3) is 3.70. The van der Waals surface area contributed by atoms with Crippen LogP contribution in [0.25, 0.3) is 28.0 Å². The van der Waals surface area contributed by atoms with Crippen LogP contribution in [-0.2, 0) is 9.84 Å². The Morgan fingerprint density at radius 2 is 1.77 bits per heavy atom.